The molecule has 2 aromatic rings. The Labute approximate surface area is 170 Å². The van der Waals surface area contributed by atoms with Gasteiger partial charge in [0.25, 0.3) is 0 Å². The van der Waals surface area contributed by atoms with Gasteiger partial charge in [-0.2, -0.15) is 13.2 Å². The van der Waals surface area contributed by atoms with E-state index in [0.29, 0.717) is 18.5 Å². The number of urea groups is 1. The topological polar surface area (TPSA) is 70.6 Å². The fraction of sp³-hybridized carbons (Fsp3) is 0.350. The van der Waals surface area contributed by atoms with Gasteiger partial charge in [-0.1, -0.05) is 17.7 Å². The Hall–Kier alpha value is -2.45. The summed E-state index contributed by atoms with van der Waals surface area (Å²) in [4.78, 5) is 12.0. The fourth-order valence-electron chi connectivity index (χ4n) is 3.13. The molecule has 156 valence electrons. The molecule has 2 amide bonds. The fourth-order valence-corrected chi connectivity index (χ4v) is 3.36. The van der Waals surface area contributed by atoms with Crippen LogP contribution in [-0.4, -0.2) is 30.4 Å². The number of aliphatic hydroxyl groups excluding tert-OH is 1. The van der Waals surface area contributed by atoms with E-state index in [1.165, 1.54) is 6.07 Å². The van der Waals surface area contributed by atoms with Crippen LogP contribution in [0.1, 0.15) is 23.1 Å². The average Bonchev–Trinajstić information content (AvgIpc) is 2.65. The number of hydrogen-bond acceptors (Lipinski definition) is 3. The standard InChI is InChI=1S/C20H20ClF3N2O3/c21-18-6-5-16(11-17(18)20(22,23)24)29-8-7-25-19(28)26-14-3-1-13-10-15(27)4-2-12(13)9-14/h1,3,5-6,9,11,15,27H,2,4,7-8,10H2,(H2,25,26,28). The Kier molecular flexibility index (Phi) is 6.54. The minimum atomic E-state index is -4.57. The van der Waals surface area contributed by atoms with Gasteiger partial charge in [0.1, 0.15) is 12.4 Å². The number of amides is 2. The van der Waals surface area contributed by atoms with Gasteiger partial charge >= 0.3 is 12.2 Å². The second kappa shape index (κ2) is 8.92. The van der Waals surface area contributed by atoms with Gasteiger partial charge in [0.2, 0.25) is 0 Å². The first-order valence-electron chi connectivity index (χ1n) is 9.06. The molecular weight excluding hydrogens is 409 g/mol. The number of rotatable bonds is 5. The summed E-state index contributed by atoms with van der Waals surface area (Å²) in [6.07, 6.45) is -2.83. The quantitative estimate of drug-likeness (QED) is 0.618. The Bertz CT molecular complexity index is 890. The third kappa shape index (κ3) is 5.77. The number of benzene rings is 2. The van der Waals surface area contributed by atoms with Crippen molar-refractivity contribution >= 4 is 23.3 Å². The number of anilines is 1. The molecule has 1 aliphatic carbocycles. The highest BCUT2D eigenvalue weighted by atomic mass is 35.5. The van der Waals surface area contributed by atoms with Crippen LogP contribution in [0.25, 0.3) is 0 Å². The summed E-state index contributed by atoms with van der Waals surface area (Å²) < 4.78 is 43.8. The predicted octanol–water partition coefficient (Wildman–Crippen LogP) is 4.41. The van der Waals surface area contributed by atoms with Crippen LogP contribution in [0.3, 0.4) is 0 Å². The van der Waals surface area contributed by atoms with Crippen molar-refractivity contribution in [3.63, 3.8) is 0 Å². The minimum absolute atomic E-state index is 0.00553. The van der Waals surface area contributed by atoms with E-state index in [-0.39, 0.29) is 25.0 Å². The third-order valence-corrected chi connectivity index (χ3v) is 4.90. The molecule has 1 unspecified atom stereocenters. The molecule has 0 aromatic heterocycles. The molecule has 29 heavy (non-hydrogen) atoms. The van der Waals surface area contributed by atoms with E-state index < -0.39 is 22.8 Å². The van der Waals surface area contributed by atoms with Crippen molar-refractivity contribution in [3.8, 4) is 5.75 Å². The second-order valence-corrected chi connectivity index (χ2v) is 7.16. The van der Waals surface area contributed by atoms with Gasteiger partial charge in [-0.15, -0.1) is 0 Å². The Morgan fingerprint density at radius 1 is 1.21 bits per heavy atom. The van der Waals surface area contributed by atoms with Gasteiger partial charge < -0.3 is 20.5 Å². The number of aliphatic hydroxyl groups is 1. The summed E-state index contributed by atoms with van der Waals surface area (Å²) in [6.45, 7) is 0.0986. The molecule has 0 spiro atoms. The largest absolute Gasteiger partial charge is 0.492 e. The van der Waals surface area contributed by atoms with Crippen molar-refractivity contribution in [1.82, 2.24) is 5.32 Å². The highest BCUT2D eigenvalue weighted by Crippen LogP contribution is 2.36. The van der Waals surface area contributed by atoms with E-state index in [1.54, 1.807) is 6.07 Å². The summed E-state index contributed by atoms with van der Waals surface area (Å²) in [6, 6.07) is 8.36. The molecule has 0 fully saturated rings. The summed E-state index contributed by atoms with van der Waals surface area (Å²) in [5.74, 6) is 0.0146. The van der Waals surface area contributed by atoms with Crippen molar-refractivity contribution in [2.24, 2.45) is 0 Å². The van der Waals surface area contributed by atoms with E-state index in [0.717, 1.165) is 29.7 Å². The number of aryl methyl sites for hydroxylation is 1. The first-order valence-corrected chi connectivity index (χ1v) is 9.44. The van der Waals surface area contributed by atoms with Gasteiger partial charge in [0.15, 0.2) is 0 Å². The second-order valence-electron chi connectivity index (χ2n) is 6.75. The van der Waals surface area contributed by atoms with E-state index in [1.807, 2.05) is 12.1 Å². The van der Waals surface area contributed by atoms with Crippen molar-refractivity contribution in [1.29, 1.82) is 0 Å². The maximum atomic E-state index is 12.8. The van der Waals surface area contributed by atoms with E-state index in [2.05, 4.69) is 10.6 Å². The number of halogens is 4. The SMILES string of the molecule is O=C(NCCOc1ccc(Cl)c(C(F)(F)F)c1)Nc1ccc2c(c1)CCC(O)C2. The average molecular weight is 429 g/mol. The molecule has 0 bridgehead atoms. The van der Waals surface area contributed by atoms with Crippen LogP contribution in [0.2, 0.25) is 5.02 Å². The monoisotopic (exact) mass is 428 g/mol. The van der Waals surface area contributed by atoms with Gasteiger partial charge in [-0.05, 0) is 60.7 Å². The maximum Gasteiger partial charge on any atom is 0.417 e. The first kappa shape index (κ1) is 21.3. The number of hydrogen-bond donors (Lipinski definition) is 3. The predicted molar refractivity (Wildman–Crippen MR) is 103 cm³/mol. The van der Waals surface area contributed by atoms with Crippen LogP contribution in [0, 0.1) is 0 Å². The number of fused-ring (bicyclic) bond motifs is 1. The van der Waals surface area contributed by atoms with Crippen LogP contribution in [0.15, 0.2) is 36.4 Å². The highest BCUT2D eigenvalue weighted by molar-refractivity contribution is 6.31. The Morgan fingerprint density at radius 2 is 2.00 bits per heavy atom. The third-order valence-electron chi connectivity index (χ3n) is 4.57. The normalized spacial score (nSPS) is 16.1. The van der Waals surface area contributed by atoms with E-state index in [4.69, 9.17) is 16.3 Å². The van der Waals surface area contributed by atoms with Crippen LogP contribution in [0.4, 0.5) is 23.7 Å². The molecule has 9 heteroatoms. The molecule has 0 aliphatic heterocycles. The lowest BCUT2D eigenvalue weighted by Gasteiger charge is -2.21. The number of ether oxygens (including phenoxy) is 1. The van der Waals surface area contributed by atoms with Crippen LogP contribution in [-0.2, 0) is 19.0 Å². The number of carbonyl (C=O) groups is 1. The smallest absolute Gasteiger partial charge is 0.417 e. The van der Waals surface area contributed by atoms with E-state index >= 15 is 0 Å². The van der Waals surface area contributed by atoms with Crippen molar-refractivity contribution < 1.29 is 27.8 Å². The molecule has 1 aliphatic rings. The molecule has 5 nitrogen and oxygen atoms in total. The lowest BCUT2D eigenvalue weighted by atomic mass is 9.89. The van der Waals surface area contributed by atoms with Crippen LogP contribution >= 0.6 is 11.6 Å². The molecule has 0 saturated carbocycles. The van der Waals surface area contributed by atoms with Crippen molar-refractivity contribution in [2.45, 2.75) is 31.5 Å². The number of alkyl halides is 3. The lowest BCUT2D eigenvalue weighted by Crippen LogP contribution is -2.32. The van der Waals surface area contributed by atoms with Crippen LogP contribution < -0.4 is 15.4 Å². The molecule has 3 rings (SSSR count). The molecule has 0 heterocycles. The van der Waals surface area contributed by atoms with Crippen LogP contribution in [0.5, 0.6) is 5.75 Å². The highest BCUT2D eigenvalue weighted by Gasteiger charge is 2.33. The number of nitrogens with one attached hydrogen (secondary N) is 2. The molecular formula is C20H20ClF3N2O3. The summed E-state index contributed by atoms with van der Waals surface area (Å²) >= 11 is 5.56. The molecule has 3 N–H and O–H groups in total. The molecule has 2 aromatic carbocycles. The van der Waals surface area contributed by atoms with Gasteiger partial charge in [-0.3, -0.25) is 0 Å². The Balaban J connectivity index is 1.46. The zero-order valence-corrected chi connectivity index (χ0v) is 16.1. The van der Waals surface area contributed by atoms with Gasteiger partial charge in [-0.25, -0.2) is 4.79 Å². The van der Waals surface area contributed by atoms with Gasteiger partial charge in [0.05, 0.1) is 23.2 Å². The van der Waals surface area contributed by atoms with Crippen molar-refractivity contribution in [3.05, 3.63) is 58.1 Å². The molecule has 0 saturated heterocycles. The zero-order chi connectivity index (χ0) is 21.0. The minimum Gasteiger partial charge on any atom is -0.492 e. The maximum absolute atomic E-state index is 12.8. The summed E-state index contributed by atoms with van der Waals surface area (Å²) in [7, 11) is 0. The summed E-state index contributed by atoms with van der Waals surface area (Å²) in [5, 5.41) is 14.6. The number of carbonyl (C=O) groups excluding carboxylic acids is 1. The molecule has 0 radical (unpaired) electrons. The first-order chi connectivity index (χ1) is 13.7. The lowest BCUT2D eigenvalue weighted by molar-refractivity contribution is -0.137. The zero-order valence-electron chi connectivity index (χ0n) is 15.4. The van der Waals surface area contributed by atoms with E-state index in [9.17, 15) is 23.1 Å². The van der Waals surface area contributed by atoms with Crippen molar-refractivity contribution in [2.75, 3.05) is 18.5 Å². The van der Waals surface area contributed by atoms with Gasteiger partial charge in [0, 0.05) is 5.69 Å². The molecule has 1 atom stereocenters. The Morgan fingerprint density at radius 3 is 2.76 bits per heavy atom. The summed E-state index contributed by atoms with van der Waals surface area (Å²) in [5.41, 5.74) is 1.83.